The minimum absolute atomic E-state index is 0.00339. The maximum atomic E-state index is 11.6. The van der Waals surface area contributed by atoms with Gasteiger partial charge in [-0.15, -0.1) is 0 Å². The van der Waals surface area contributed by atoms with Gasteiger partial charge in [-0.2, -0.15) is 0 Å². The van der Waals surface area contributed by atoms with Crippen LogP contribution in [0, 0.1) is 0 Å². The van der Waals surface area contributed by atoms with Gasteiger partial charge in [-0.05, 0) is 24.3 Å². The predicted molar refractivity (Wildman–Crippen MR) is 79.1 cm³/mol. The average Bonchev–Trinajstić information content (AvgIpc) is 2.79. The number of nitrogens with zero attached hydrogens (tertiary/aromatic N) is 1. The molecule has 21 heavy (non-hydrogen) atoms. The number of hydrogen-bond acceptors (Lipinski definition) is 3. The highest BCUT2D eigenvalue weighted by Crippen LogP contribution is 2.30. The van der Waals surface area contributed by atoms with Crippen molar-refractivity contribution >= 4 is 40.2 Å². The Hall–Kier alpha value is -2.31. The molecule has 0 bridgehead atoms. The molecule has 6 nitrogen and oxygen atoms in total. The number of pyridine rings is 1. The molecule has 0 aliphatic carbocycles. The second-order valence-corrected chi connectivity index (χ2v) is 5.13. The van der Waals surface area contributed by atoms with Crippen LogP contribution in [0.25, 0.3) is 22.3 Å². The number of H-pyrrole nitrogens is 2. The van der Waals surface area contributed by atoms with E-state index in [1.807, 2.05) is 0 Å². The first kappa shape index (κ1) is 13.7. The van der Waals surface area contributed by atoms with Crippen LogP contribution in [0.15, 0.2) is 29.1 Å². The first-order chi connectivity index (χ1) is 9.97. The van der Waals surface area contributed by atoms with Crippen LogP contribution in [0.1, 0.15) is 10.4 Å². The van der Waals surface area contributed by atoms with E-state index in [9.17, 15) is 14.7 Å². The van der Waals surface area contributed by atoms with Crippen LogP contribution < -0.4 is 5.56 Å². The molecule has 0 aliphatic rings. The van der Waals surface area contributed by atoms with Crippen LogP contribution in [-0.4, -0.2) is 26.3 Å². The molecule has 3 rings (SSSR count). The van der Waals surface area contributed by atoms with Gasteiger partial charge in [0.2, 0.25) is 0 Å². The topological polar surface area (TPSA) is 98.8 Å². The highest BCUT2D eigenvalue weighted by Gasteiger charge is 2.18. The Morgan fingerprint density at radius 1 is 1.19 bits per heavy atom. The minimum atomic E-state index is -1.22. The summed E-state index contributed by atoms with van der Waals surface area (Å²) < 4.78 is 0. The molecule has 3 N–H and O–H groups in total. The normalized spacial score (nSPS) is 11.0. The monoisotopic (exact) mass is 323 g/mol. The van der Waals surface area contributed by atoms with Gasteiger partial charge < -0.3 is 5.11 Å². The minimum Gasteiger partial charge on any atom is -0.478 e. The highest BCUT2D eigenvalue weighted by atomic mass is 35.5. The first-order valence-electron chi connectivity index (χ1n) is 5.77. The van der Waals surface area contributed by atoms with Crippen LogP contribution in [0.4, 0.5) is 0 Å². The van der Waals surface area contributed by atoms with Crippen molar-refractivity contribution in [1.29, 1.82) is 0 Å². The van der Waals surface area contributed by atoms with E-state index in [0.717, 1.165) is 0 Å². The fourth-order valence-corrected chi connectivity index (χ4v) is 2.55. The van der Waals surface area contributed by atoms with Crippen molar-refractivity contribution in [2.75, 3.05) is 0 Å². The van der Waals surface area contributed by atoms with Gasteiger partial charge in [-0.3, -0.25) is 15.0 Å². The lowest BCUT2D eigenvalue weighted by atomic mass is 10.1. The Labute approximate surface area is 127 Å². The fraction of sp³-hybridized carbons (Fsp3) is 0. The number of aromatic carboxylic acids is 1. The van der Waals surface area contributed by atoms with Crippen molar-refractivity contribution in [2.45, 2.75) is 0 Å². The molecule has 8 heteroatoms. The quantitative estimate of drug-likeness (QED) is 0.675. The van der Waals surface area contributed by atoms with Gasteiger partial charge in [0.1, 0.15) is 0 Å². The SMILES string of the molecule is O=C(O)c1cc(-c2ccc(Cl)cc2Cl)nc2[nH][nH]c(=O)c12. The lowest BCUT2D eigenvalue weighted by Gasteiger charge is -2.06. The molecule has 106 valence electrons. The maximum Gasteiger partial charge on any atom is 0.336 e. The number of halogens is 2. The molecule has 3 aromatic rings. The average molecular weight is 324 g/mol. The van der Waals surface area contributed by atoms with Crippen molar-refractivity contribution in [3.63, 3.8) is 0 Å². The maximum absolute atomic E-state index is 11.6. The van der Waals surface area contributed by atoms with Crippen LogP contribution in [0.3, 0.4) is 0 Å². The van der Waals surface area contributed by atoms with Gasteiger partial charge in [-0.25, -0.2) is 9.78 Å². The van der Waals surface area contributed by atoms with Crippen molar-refractivity contribution in [2.24, 2.45) is 0 Å². The van der Waals surface area contributed by atoms with E-state index in [-0.39, 0.29) is 16.6 Å². The number of fused-ring (bicyclic) bond motifs is 1. The van der Waals surface area contributed by atoms with Gasteiger partial charge in [0.15, 0.2) is 5.65 Å². The summed E-state index contributed by atoms with van der Waals surface area (Å²) in [5.74, 6) is -1.22. The van der Waals surface area contributed by atoms with Gasteiger partial charge in [0.05, 0.1) is 21.7 Å². The van der Waals surface area contributed by atoms with Crippen molar-refractivity contribution in [1.82, 2.24) is 15.2 Å². The summed E-state index contributed by atoms with van der Waals surface area (Å²) in [7, 11) is 0. The third-order valence-electron chi connectivity index (χ3n) is 2.98. The lowest BCUT2D eigenvalue weighted by molar-refractivity contribution is 0.0699. The van der Waals surface area contributed by atoms with Crippen molar-refractivity contribution < 1.29 is 9.90 Å². The van der Waals surface area contributed by atoms with Crippen LogP contribution in [0.5, 0.6) is 0 Å². The number of benzene rings is 1. The second-order valence-electron chi connectivity index (χ2n) is 4.29. The number of carboxylic acids is 1. The molecule has 2 aromatic heterocycles. The van der Waals surface area contributed by atoms with Crippen molar-refractivity contribution in [3.8, 4) is 11.3 Å². The summed E-state index contributed by atoms with van der Waals surface area (Å²) in [4.78, 5) is 27.2. The zero-order chi connectivity index (χ0) is 15.1. The van der Waals surface area contributed by atoms with Gasteiger partial charge in [0, 0.05) is 10.6 Å². The summed E-state index contributed by atoms with van der Waals surface area (Å²) in [6, 6.07) is 6.09. The molecule has 0 amide bonds. The van der Waals surface area contributed by atoms with E-state index in [0.29, 0.717) is 21.3 Å². The number of rotatable bonds is 2. The molecule has 0 saturated carbocycles. The third kappa shape index (κ3) is 2.28. The Bertz CT molecular complexity index is 930. The predicted octanol–water partition coefficient (Wildman–Crippen LogP) is 2.92. The summed E-state index contributed by atoms with van der Waals surface area (Å²) in [6.45, 7) is 0. The fourth-order valence-electron chi connectivity index (χ4n) is 2.05. The summed E-state index contributed by atoms with van der Waals surface area (Å²) in [6.07, 6.45) is 0. The lowest BCUT2D eigenvalue weighted by Crippen LogP contribution is -2.06. The number of hydrogen-bond donors (Lipinski definition) is 3. The molecule has 0 radical (unpaired) electrons. The molecule has 2 heterocycles. The first-order valence-corrected chi connectivity index (χ1v) is 6.53. The number of nitrogens with one attached hydrogen (secondary N) is 2. The Balaban J connectivity index is 2.34. The largest absolute Gasteiger partial charge is 0.478 e. The van der Waals surface area contributed by atoms with Gasteiger partial charge in [0.25, 0.3) is 5.56 Å². The highest BCUT2D eigenvalue weighted by molar-refractivity contribution is 6.36. The number of carboxylic acid groups (broad SMARTS) is 1. The molecule has 0 spiro atoms. The summed E-state index contributed by atoms with van der Waals surface area (Å²) >= 11 is 11.9. The van der Waals surface area contributed by atoms with Crippen molar-refractivity contribution in [3.05, 3.63) is 50.2 Å². The molecule has 0 atom stereocenters. The molecular formula is C13H7Cl2N3O3. The Morgan fingerprint density at radius 3 is 2.62 bits per heavy atom. The number of carbonyl (C=O) groups is 1. The second kappa shape index (κ2) is 4.91. The van der Waals surface area contributed by atoms with E-state index in [1.165, 1.54) is 12.1 Å². The van der Waals surface area contributed by atoms with Crippen LogP contribution in [0.2, 0.25) is 10.0 Å². The third-order valence-corrected chi connectivity index (χ3v) is 3.53. The zero-order valence-corrected chi connectivity index (χ0v) is 11.8. The van der Waals surface area contributed by atoms with Crippen LogP contribution in [-0.2, 0) is 0 Å². The summed E-state index contributed by atoms with van der Waals surface area (Å²) in [5, 5.41) is 14.9. The van der Waals surface area contributed by atoms with E-state index < -0.39 is 11.5 Å². The molecule has 0 aliphatic heterocycles. The Morgan fingerprint density at radius 2 is 1.95 bits per heavy atom. The van der Waals surface area contributed by atoms with E-state index in [4.69, 9.17) is 23.2 Å². The van der Waals surface area contributed by atoms with Crippen LogP contribution >= 0.6 is 23.2 Å². The Kier molecular flexibility index (Phi) is 3.19. The molecule has 0 unspecified atom stereocenters. The number of aromatic nitrogens is 3. The van der Waals surface area contributed by atoms with Gasteiger partial charge in [-0.1, -0.05) is 23.2 Å². The smallest absolute Gasteiger partial charge is 0.336 e. The number of aromatic amines is 2. The molecule has 0 fully saturated rings. The van der Waals surface area contributed by atoms with E-state index in [2.05, 4.69) is 15.2 Å². The zero-order valence-electron chi connectivity index (χ0n) is 10.3. The molecular weight excluding hydrogens is 317 g/mol. The molecule has 0 saturated heterocycles. The standard InChI is InChI=1S/C13H7Cl2N3O3/c14-5-1-2-6(8(15)3-5)9-4-7(13(20)21)10-11(16-9)17-18-12(10)19/h1-4H,(H,20,21)(H2,16,17,18,19). The molecule has 1 aromatic carbocycles. The van der Waals surface area contributed by atoms with Gasteiger partial charge >= 0.3 is 5.97 Å². The van der Waals surface area contributed by atoms with E-state index >= 15 is 0 Å². The summed E-state index contributed by atoms with van der Waals surface area (Å²) in [5.41, 5.74) is 0.317. The van der Waals surface area contributed by atoms with E-state index in [1.54, 1.807) is 12.1 Å².